The molecule has 2 aliphatic rings. The molecule has 1 saturated heterocycles. The van der Waals surface area contributed by atoms with E-state index in [1.165, 1.54) is 6.20 Å². The Hall–Kier alpha value is -2.12. The lowest BCUT2D eigenvalue weighted by Gasteiger charge is -2.34. The van der Waals surface area contributed by atoms with Crippen LogP contribution in [0.5, 0.6) is 11.5 Å². The average Bonchev–Trinajstić information content (AvgIpc) is 2.72. The largest absolute Gasteiger partial charge is 0.490 e. The highest BCUT2D eigenvalue weighted by Gasteiger charge is 2.41. The third-order valence-electron chi connectivity index (χ3n) is 5.89. The number of aromatic nitrogens is 1. The van der Waals surface area contributed by atoms with Gasteiger partial charge in [-0.25, -0.2) is 13.4 Å². The first-order valence-electron chi connectivity index (χ1n) is 10.2. The van der Waals surface area contributed by atoms with Crippen LogP contribution in [0.3, 0.4) is 0 Å². The molecule has 0 N–H and O–H groups in total. The standard InChI is InChI=1S/C22H28N2O4S/c1-15(2)24-13-10-19(11-14-24)27-18-8-6-17(7-9-18)21-16(3)29(25,26)22-20(28-21)5-4-12-23-22/h4-9,12,15-16,19,21H,10-11,13-14H2,1-3H3/t16-,21+/m1/s1. The lowest BCUT2D eigenvalue weighted by molar-refractivity contribution is 0.0842. The highest BCUT2D eigenvalue weighted by Crippen LogP contribution is 2.40. The van der Waals surface area contributed by atoms with E-state index in [9.17, 15) is 8.42 Å². The average molecular weight is 417 g/mol. The third-order valence-corrected chi connectivity index (χ3v) is 7.97. The van der Waals surface area contributed by atoms with Crippen LogP contribution in [0.15, 0.2) is 47.6 Å². The smallest absolute Gasteiger partial charge is 0.205 e. The Morgan fingerprint density at radius 2 is 1.83 bits per heavy atom. The van der Waals surface area contributed by atoms with Crippen LogP contribution in [0, 0.1) is 0 Å². The van der Waals surface area contributed by atoms with Gasteiger partial charge in [0.05, 0.1) is 0 Å². The second-order valence-electron chi connectivity index (χ2n) is 8.11. The minimum Gasteiger partial charge on any atom is -0.490 e. The maximum Gasteiger partial charge on any atom is 0.205 e. The molecule has 156 valence electrons. The minimum atomic E-state index is -3.54. The number of piperidine rings is 1. The van der Waals surface area contributed by atoms with Gasteiger partial charge in [0.25, 0.3) is 0 Å². The molecule has 0 saturated carbocycles. The topological polar surface area (TPSA) is 68.7 Å². The van der Waals surface area contributed by atoms with Gasteiger partial charge in [-0.3, -0.25) is 0 Å². The van der Waals surface area contributed by atoms with E-state index in [0.717, 1.165) is 37.2 Å². The fraction of sp³-hybridized carbons (Fsp3) is 0.500. The van der Waals surface area contributed by atoms with E-state index in [0.29, 0.717) is 11.8 Å². The zero-order valence-electron chi connectivity index (χ0n) is 17.1. The number of pyridine rings is 1. The van der Waals surface area contributed by atoms with Crippen molar-refractivity contribution in [2.45, 2.75) is 62.1 Å². The Morgan fingerprint density at radius 3 is 2.48 bits per heavy atom. The number of hydrogen-bond acceptors (Lipinski definition) is 6. The van der Waals surface area contributed by atoms with Crippen molar-refractivity contribution in [2.75, 3.05) is 13.1 Å². The minimum absolute atomic E-state index is 0.0245. The van der Waals surface area contributed by atoms with Crippen molar-refractivity contribution in [3.05, 3.63) is 48.2 Å². The van der Waals surface area contributed by atoms with Crippen LogP contribution >= 0.6 is 0 Å². The molecule has 2 aromatic rings. The predicted octanol–water partition coefficient (Wildman–Crippen LogP) is 3.63. The maximum absolute atomic E-state index is 12.8. The normalized spacial score (nSPS) is 24.7. The first-order chi connectivity index (χ1) is 13.9. The van der Waals surface area contributed by atoms with Gasteiger partial charge >= 0.3 is 0 Å². The number of nitrogens with zero attached hydrogens (tertiary/aromatic N) is 2. The van der Waals surface area contributed by atoms with Crippen molar-refractivity contribution < 1.29 is 17.9 Å². The van der Waals surface area contributed by atoms with Gasteiger partial charge in [-0.15, -0.1) is 0 Å². The van der Waals surface area contributed by atoms with Crippen molar-refractivity contribution in [2.24, 2.45) is 0 Å². The molecule has 1 aromatic carbocycles. The number of likely N-dealkylation sites (tertiary alicyclic amines) is 1. The van der Waals surface area contributed by atoms with Crippen molar-refractivity contribution in [3.8, 4) is 11.5 Å². The number of benzene rings is 1. The Balaban J connectivity index is 1.46. The molecular formula is C22H28N2O4S. The molecule has 0 spiro atoms. The van der Waals surface area contributed by atoms with Crippen molar-refractivity contribution in [3.63, 3.8) is 0 Å². The predicted molar refractivity (Wildman–Crippen MR) is 111 cm³/mol. The number of fused-ring (bicyclic) bond motifs is 1. The maximum atomic E-state index is 12.8. The van der Waals surface area contributed by atoms with Crippen LogP contribution in [-0.4, -0.2) is 48.8 Å². The highest BCUT2D eigenvalue weighted by molar-refractivity contribution is 7.92. The molecule has 0 amide bonds. The molecule has 6 nitrogen and oxygen atoms in total. The summed E-state index contributed by atoms with van der Waals surface area (Å²) in [5.74, 6) is 1.12. The molecule has 1 aromatic heterocycles. The van der Waals surface area contributed by atoms with E-state index < -0.39 is 21.2 Å². The molecule has 0 bridgehead atoms. The fourth-order valence-corrected chi connectivity index (χ4v) is 5.52. The van der Waals surface area contributed by atoms with Gasteiger partial charge in [0.1, 0.15) is 23.2 Å². The van der Waals surface area contributed by atoms with Crippen molar-refractivity contribution >= 4 is 9.84 Å². The number of sulfone groups is 1. The number of hydrogen-bond donors (Lipinski definition) is 0. The van der Waals surface area contributed by atoms with Crippen LogP contribution in [0.4, 0.5) is 0 Å². The van der Waals surface area contributed by atoms with Crippen LogP contribution in [0.2, 0.25) is 0 Å². The van der Waals surface area contributed by atoms with E-state index in [-0.39, 0.29) is 11.1 Å². The summed E-state index contributed by atoms with van der Waals surface area (Å²) in [4.78, 5) is 6.48. The quantitative estimate of drug-likeness (QED) is 0.758. The Kier molecular flexibility index (Phi) is 5.53. The Labute approximate surface area is 172 Å². The first-order valence-corrected chi connectivity index (χ1v) is 11.8. The molecule has 0 unspecified atom stereocenters. The second-order valence-corrected chi connectivity index (χ2v) is 10.3. The summed E-state index contributed by atoms with van der Waals surface area (Å²) < 4.78 is 37.8. The summed E-state index contributed by atoms with van der Waals surface area (Å²) in [6.45, 7) is 8.23. The van der Waals surface area contributed by atoms with Gasteiger partial charge in [0.2, 0.25) is 9.84 Å². The summed E-state index contributed by atoms with van der Waals surface area (Å²) in [5, 5.41) is -0.687. The van der Waals surface area contributed by atoms with E-state index >= 15 is 0 Å². The summed E-state index contributed by atoms with van der Waals surface area (Å²) in [6, 6.07) is 11.5. The van der Waals surface area contributed by atoms with Gasteiger partial charge in [0.15, 0.2) is 10.8 Å². The van der Waals surface area contributed by atoms with E-state index in [4.69, 9.17) is 9.47 Å². The Morgan fingerprint density at radius 1 is 1.14 bits per heavy atom. The number of rotatable bonds is 4. The monoisotopic (exact) mass is 416 g/mol. The highest BCUT2D eigenvalue weighted by atomic mass is 32.2. The molecule has 7 heteroatoms. The van der Waals surface area contributed by atoms with Crippen molar-refractivity contribution in [1.82, 2.24) is 9.88 Å². The summed E-state index contributed by atoms with van der Waals surface area (Å²) in [5.41, 5.74) is 0.817. The van der Waals surface area contributed by atoms with Crippen LogP contribution in [-0.2, 0) is 9.84 Å². The molecule has 0 aliphatic carbocycles. The third kappa shape index (κ3) is 3.98. The molecule has 2 aliphatic heterocycles. The van der Waals surface area contributed by atoms with Gasteiger partial charge < -0.3 is 14.4 Å². The molecular weight excluding hydrogens is 388 g/mol. The van der Waals surface area contributed by atoms with Crippen LogP contribution < -0.4 is 9.47 Å². The molecule has 0 radical (unpaired) electrons. The van der Waals surface area contributed by atoms with Gasteiger partial charge in [-0.05, 0) is 63.4 Å². The van der Waals surface area contributed by atoms with E-state index in [2.05, 4.69) is 23.7 Å². The molecule has 4 rings (SSSR count). The SMILES string of the molecule is CC(C)N1CCC(Oc2ccc([C@H]3Oc4cccnc4S(=O)(=O)[C@@H]3C)cc2)CC1. The second kappa shape index (κ2) is 7.95. The Bertz CT molecular complexity index is 951. The molecule has 2 atom stereocenters. The molecule has 29 heavy (non-hydrogen) atoms. The zero-order valence-corrected chi connectivity index (χ0v) is 17.9. The van der Waals surface area contributed by atoms with Crippen molar-refractivity contribution in [1.29, 1.82) is 0 Å². The summed E-state index contributed by atoms with van der Waals surface area (Å²) in [7, 11) is -3.54. The zero-order chi connectivity index (χ0) is 20.6. The number of ether oxygens (including phenoxy) is 2. The van der Waals surface area contributed by atoms with Gasteiger partial charge in [0, 0.05) is 25.3 Å². The van der Waals surface area contributed by atoms with E-state index in [1.54, 1.807) is 19.1 Å². The summed E-state index contributed by atoms with van der Waals surface area (Å²) in [6.07, 6.45) is 3.17. The lowest BCUT2D eigenvalue weighted by Crippen LogP contribution is -2.41. The summed E-state index contributed by atoms with van der Waals surface area (Å²) >= 11 is 0. The van der Waals surface area contributed by atoms with Gasteiger partial charge in [-0.1, -0.05) is 12.1 Å². The molecule has 3 heterocycles. The van der Waals surface area contributed by atoms with E-state index in [1.807, 2.05) is 24.3 Å². The lowest BCUT2D eigenvalue weighted by atomic mass is 10.1. The first kappa shape index (κ1) is 20.2. The molecule has 1 fully saturated rings. The van der Waals surface area contributed by atoms with Crippen LogP contribution in [0.1, 0.15) is 45.3 Å². The van der Waals surface area contributed by atoms with Crippen LogP contribution in [0.25, 0.3) is 0 Å². The van der Waals surface area contributed by atoms with Gasteiger partial charge in [-0.2, -0.15) is 0 Å². The fourth-order valence-electron chi connectivity index (χ4n) is 4.03.